The van der Waals surface area contributed by atoms with E-state index in [1.807, 2.05) is 0 Å². The van der Waals surface area contributed by atoms with Gasteiger partial charge in [0, 0.05) is 0 Å². The van der Waals surface area contributed by atoms with Gasteiger partial charge in [0.2, 0.25) is 6.43 Å². The molecule has 0 aliphatic rings. The van der Waals surface area contributed by atoms with Gasteiger partial charge in [0.1, 0.15) is 5.78 Å². The molecule has 0 rings (SSSR count). The largest absolute Gasteiger partial charge is 0.299 e. The fourth-order valence-corrected chi connectivity index (χ4v) is 1.65. The molecule has 0 radical (unpaired) electrons. The lowest BCUT2D eigenvalue weighted by molar-refractivity contribution is -0.125. The van der Waals surface area contributed by atoms with Crippen LogP contribution in [0.15, 0.2) is 0 Å². The highest BCUT2D eigenvalue weighted by Gasteiger charge is 2.23. The van der Waals surface area contributed by atoms with Crippen LogP contribution < -0.4 is 0 Å². The number of ketones is 1. The molecule has 0 aromatic rings. The lowest BCUT2D eigenvalue weighted by Gasteiger charge is -2.11. The predicted octanol–water partition coefficient (Wildman–Crippen LogP) is 4.21. The highest BCUT2D eigenvalue weighted by Crippen LogP contribution is 2.19. The molecule has 0 aromatic heterocycles. The smallest absolute Gasteiger partial charge is 0.248 e. The van der Waals surface area contributed by atoms with E-state index in [0.717, 1.165) is 19.3 Å². The van der Waals surface area contributed by atoms with E-state index in [1.54, 1.807) is 0 Å². The molecule has 15 heavy (non-hydrogen) atoms. The average Bonchev–Trinajstić information content (AvgIpc) is 2.15. The molecule has 1 atom stereocenters. The van der Waals surface area contributed by atoms with Crippen LogP contribution in [0, 0.1) is 5.92 Å². The first-order valence-corrected chi connectivity index (χ1v) is 5.88. The van der Waals surface area contributed by atoms with Crippen molar-refractivity contribution >= 4 is 5.78 Å². The monoisotopic (exact) mass is 220 g/mol. The van der Waals surface area contributed by atoms with E-state index >= 15 is 0 Å². The number of halogens is 2. The van der Waals surface area contributed by atoms with Crippen molar-refractivity contribution < 1.29 is 13.6 Å². The predicted molar refractivity (Wildman–Crippen MR) is 58.2 cm³/mol. The molecule has 0 amide bonds. The molecule has 0 heterocycles. The van der Waals surface area contributed by atoms with Crippen molar-refractivity contribution in [1.82, 2.24) is 0 Å². The minimum atomic E-state index is -2.49. The van der Waals surface area contributed by atoms with Crippen LogP contribution in [0.5, 0.6) is 0 Å². The number of carbonyl (C=O) groups excluding carboxylic acids is 1. The molecule has 0 fully saturated rings. The normalized spacial score (nSPS) is 13.1. The van der Waals surface area contributed by atoms with E-state index in [-0.39, 0.29) is 5.78 Å². The standard InChI is InChI=1S/C12H22F2O/c1-3-4-5-6-7-8-9-11(10(2)15)12(13)14/h11-12H,3-9H2,1-2H3. The molecule has 0 aliphatic heterocycles. The third-order valence-electron chi connectivity index (χ3n) is 2.70. The Kier molecular flexibility index (Phi) is 8.53. The van der Waals surface area contributed by atoms with Crippen LogP contribution >= 0.6 is 0 Å². The van der Waals surface area contributed by atoms with Crippen LogP contribution in [0.1, 0.15) is 58.8 Å². The highest BCUT2D eigenvalue weighted by molar-refractivity contribution is 5.78. The Labute approximate surface area is 91.2 Å². The molecular weight excluding hydrogens is 198 g/mol. The van der Waals surface area contributed by atoms with Gasteiger partial charge in [-0.2, -0.15) is 0 Å². The summed E-state index contributed by atoms with van der Waals surface area (Å²) in [5.41, 5.74) is 0. The molecule has 0 spiro atoms. The summed E-state index contributed by atoms with van der Waals surface area (Å²) in [6.45, 7) is 3.40. The van der Waals surface area contributed by atoms with Gasteiger partial charge in [-0.3, -0.25) is 4.79 Å². The zero-order valence-corrected chi connectivity index (χ0v) is 9.77. The van der Waals surface area contributed by atoms with Crippen LogP contribution in [-0.4, -0.2) is 12.2 Å². The van der Waals surface area contributed by atoms with Gasteiger partial charge < -0.3 is 0 Å². The second-order valence-electron chi connectivity index (χ2n) is 4.11. The Morgan fingerprint density at radius 2 is 1.60 bits per heavy atom. The van der Waals surface area contributed by atoms with Gasteiger partial charge in [0.15, 0.2) is 0 Å². The van der Waals surface area contributed by atoms with Gasteiger partial charge in [-0.1, -0.05) is 45.4 Å². The molecule has 0 saturated carbocycles. The van der Waals surface area contributed by atoms with Crippen LogP contribution in [0.3, 0.4) is 0 Å². The lowest BCUT2D eigenvalue weighted by Crippen LogP contribution is -2.19. The lowest BCUT2D eigenvalue weighted by atomic mass is 9.97. The van der Waals surface area contributed by atoms with E-state index in [1.165, 1.54) is 26.2 Å². The Hall–Kier alpha value is -0.470. The second kappa shape index (κ2) is 8.81. The minimum absolute atomic E-state index is 0.346. The Morgan fingerprint density at radius 3 is 2.07 bits per heavy atom. The molecule has 0 bridgehead atoms. The van der Waals surface area contributed by atoms with Crippen molar-refractivity contribution in [3.8, 4) is 0 Å². The first-order valence-electron chi connectivity index (χ1n) is 5.88. The summed E-state index contributed by atoms with van der Waals surface area (Å²) in [6, 6.07) is 0. The number of hydrogen-bond acceptors (Lipinski definition) is 1. The maximum absolute atomic E-state index is 12.4. The SMILES string of the molecule is CCCCCCCCC(C(C)=O)C(F)F. The third kappa shape index (κ3) is 7.46. The molecule has 1 nitrogen and oxygen atoms in total. The van der Waals surface area contributed by atoms with Crippen LogP contribution in [0.4, 0.5) is 8.78 Å². The van der Waals surface area contributed by atoms with E-state index in [0.29, 0.717) is 6.42 Å². The third-order valence-corrected chi connectivity index (χ3v) is 2.70. The van der Waals surface area contributed by atoms with Gasteiger partial charge in [0.05, 0.1) is 5.92 Å². The van der Waals surface area contributed by atoms with E-state index in [4.69, 9.17) is 0 Å². The van der Waals surface area contributed by atoms with Crippen molar-refractivity contribution in [3.05, 3.63) is 0 Å². The van der Waals surface area contributed by atoms with Crippen molar-refractivity contribution in [2.75, 3.05) is 0 Å². The first-order chi connectivity index (χ1) is 7.09. The molecule has 90 valence electrons. The molecule has 3 heteroatoms. The van der Waals surface area contributed by atoms with Gasteiger partial charge in [-0.05, 0) is 13.3 Å². The fraction of sp³-hybridized carbons (Fsp3) is 0.917. The topological polar surface area (TPSA) is 17.1 Å². The summed E-state index contributed by atoms with van der Waals surface area (Å²) >= 11 is 0. The Morgan fingerprint density at radius 1 is 1.07 bits per heavy atom. The van der Waals surface area contributed by atoms with E-state index in [9.17, 15) is 13.6 Å². The average molecular weight is 220 g/mol. The summed E-state index contributed by atoms with van der Waals surface area (Å²) in [4.78, 5) is 10.9. The van der Waals surface area contributed by atoms with E-state index < -0.39 is 12.3 Å². The zero-order chi connectivity index (χ0) is 11.7. The molecular formula is C12H22F2O. The molecule has 0 saturated heterocycles. The molecule has 1 unspecified atom stereocenters. The summed E-state index contributed by atoms with van der Waals surface area (Å²) in [6.07, 6.45) is 4.25. The number of Topliss-reactive ketones (excluding diaryl/α,β-unsaturated/α-hetero) is 1. The maximum atomic E-state index is 12.4. The summed E-state index contributed by atoms with van der Waals surface area (Å²) < 4.78 is 24.7. The number of alkyl halides is 2. The highest BCUT2D eigenvalue weighted by atomic mass is 19.3. The van der Waals surface area contributed by atoms with Crippen molar-refractivity contribution in [1.29, 1.82) is 0 Å². The second-order valence-corrected chi connectivity index (χ2v) is 4.11. The molecule has 0 N–H and O–H groups in total. The summed E-state index contributed by atoms with van der Waals surface area (Å²) in [5.74, 6) is -1.41. The number of unbranched alkanes of at least 4 members (excludes halogenated alkanes) is 5. The summed E-state index contributed by atoms with van der Waals surface area (Å²) in [7, 11) is 0. The number of hydrogen-bond donors (Lipinski definition) is 0. The number of rotatable bonds is 9. The Bertz CT molecular complexity index is 169. The molecule has 0 aromatic carbocycles. The molecule has 0 aliphatic carbocycles. The minimum Gasteiger partial charge on any atom is -0.299 e. The first kappa shape index (κ1) is 14.5. The van der Waals surface area contributed by atoms with Crippen molar-refractivity contribution in [2.45, 2.75) is 65.2 Å². The van der Waals surface area contributed by atoms with Gasteiger partial charge in [-0.15, -0.1) is 0 Å². The zero-order valence-electron chi connectivity index (χ0n) is 9.77. The van der Waals surface area contributed by atoms with Crippen LogP contribution in [-0.2, 0) is 4.79 Å². The fourth-order valence-electron chi connectivity index (χ4n) is 1.65. The maximum Gasteiger partial charge on any atom is 0.248 e. The van der Waals surface area contributed by atoms with Gasteiger partial charge >= 0.3 is 0 Å². The van der Waals surface area contributed by atoms with Crippen molar-refractivity contribution in [3.63, 3.8) is 0 Å². The van der Waals surface area contributed by atoms with E-state index in [2.05, 4.69) is 6.92 Å². The summed E-state index contributed by atoms with van der Waals surface area (Å²) in [5, 5.41) is 0. The van der Waals surface area contributed by atoms with Crippen molar-refractivity contribution in [2.24, 2.45) is 5.92 Å². The van der Waals surface area contributed by atoms with Gasteiger partial charge in [-0.25, -0.2) is 8.78 Å². The quantitative estimate of drug-likeness (QED) is 0.532. The van der Waals surface area contributed by atoms with Gasteiger partial charge in [0.25, 0.3) is 0 Å². The number of carbonyl (C=O) groups is 1. The van der Waals surface area contributed by atoms with Crippen LogP contribution in [0.25, 0.3) is 0 Å². The Balaban J connectivity index is 3.50. The van der Waals surface area contributed by atoms with Crippen LogP contribution in [0.2, 0.25) is 0 Å².